The van der Waals surface area contributed by atoms with Gasteiger partial charge in [0.2, 0.25) is 5.96 Å². The lowest BCUT2D eigenvalue weighted by atomic mass is 9.99. The van der Waals surface area contributed by atoms with E-state index < -0.39 is 0 Å². The molecule has 0 saturated heterocycles. The molecule has 0 bridgehead atoms. The lowest BCUT2D eigenvalue weighted by Gasteiger charge is -2.14. The summed E-state index contributed by atoms with van der Waals surface area (Å²) >= 11 is 0. The Hall–Kier alpha value is -0.770. The molecule has 0 aromatic carbocycles. The molecular weight excluding hydrogens is 176 g/mol. The van der Waals surface area contributed by atoms with Crippen LogP contribution >= 0.6 is 0 Å². The molecule has 0 radical (unpaired) electrons. The number of hydrogen-bond donors (Lipinski definition) is 3. The van der Waals surface area contributed by atoms with Crippen LogP contribution in [-0.2, 0) is 0 Å². The third kappa shape index (κ3) is 3.96. The SMILES string of the molecule is CC(C)C(C)CN=C(NN)NC1CC1. The molecule has 14 heavy (non-hydrogen) atoms. The van der Waals surface area contributed by atoms with Gasteiger partial charge in [-0.3, -0.25) is 10.4 Å². The van der Waals surface area contributed by atoms with E-state index >= 15 is 0 Å². The van der Waals surface area contributed by atoms with Crippen LogP contribution in [0.5, 0.6) is 0 Å². The average molecular weight is 198 g/mol. The molecule has 1 saturated carbocycles. The minimum Gasteiger partial charge on any atom is -0.353 e. The van der Waals surface area contributed by atoms with Crippen LogP contribution in [0.25, 0.3) is 0 Å². The fourth-order valence-corrected chi connectivity index (χ4v) is 1.00. The van der Waals surface area contributed by atoms with Crippen molar-refractivity contribution in [3.8, 4) is 0 Å². The van der Waals surface area contributed by atoms with Gasteiger partial charge >= 0.3 is 0 Å². The van der Waals surface area contributed by atoms with Gasteiger partial charge in [-0.1, -0.05) is 20.8 Å². The Balaban J connectivity index is 2.30. The number of rotatable bonds is 4. The number of nitrogens with zero attached hydrogens (tertiary/aromatic N) is 1. The summed E-state index contributed by atoms with van der Waals surface area (Å²) in [6, 6.07) is 0.596. The molecule has 1 unspecified atom stereocenters. The van der Waals surface area contributed by atoms with Gasteiger partial charge in [-0.25, -0.2) is 5.84 Å². The van der Waals surface area contributed by atoms with Crippen molar-refractivity contribution in [2.24, 2.45) is 22.7 Å². The minimum atomic E-state index is 0.596. The van der Waals surface area contributed by atoms with Gasteiger partial charge < -0.3 is 5.32 Å². The van der Waals surface area contributed by atoms with Gasteiger partial charge in [0.15, 0.2) is 0 Å². The molecule has 82 valence electrons. The fourth-order valence-electron chi connectivity index (χ4n) is 1.00. The lowest BCUT2D eigenvalue weighted by Crippen LogP contribution is -2.43. The molecule has 0 spiro atoms. The highest BCUT2D eigenvalue weighted by Crippen LogP contribution is 2.18. The van der Waals surface area contributed by atoms with Gasteiger partial charge in [0, 0.05) is 12.6 Å². The summed E-state index contributed by atoms with van der Waals surface area (Å²) in [5.74, 6) is 7.37. The summed E-state index contributed by atoms with van der Waals surface area (Å²) < 4.78 is 0. The van der Waals surface area contributed by atoms with Crippen LogP contribution in [-0.4, -0.2) is 18.5 Å². The second-order valence-corrected chi connectivity index (χ2v) is 4.47. The molecule has 4 N–H and O–H groups in total. The topological polar surface area (TPSA) is 62.4 Å². The first-order chi connectivity index (χ1) is 6.63. The minimum absolute atomic E-state index is 0.596. The number of guanidine groups is 1. The van der Waals surface area contributed by atoms with Crippen molar-refractivity contribution in [2.75, 3.05) is 6.54 Å². The third-order valence-corrected chi connectivity index (χ3v) is 2.73. The summed E-state index contributed by atoms with van der Waals surface area (Å²) in [7, 11) is 0. The van der Waals surface area contributed by atoms with Crippen molar-refractivity contribution >= 4 is 5.96 Å². The zero-order valence-electron chi connectivity index (χ0n) is 9.38. The van der Waals surface area contributed by atoms with Crippen molar-refractivity contribution in [2.45, 2.75) is 39.7 Å². The predicted molar refractivity (Wildman–Crippen MR) is 59.8 cm³/mol. The van der Waals surface area contributed by atoms with Crippen LogP contribution in [0.4, 0.5) is 0 Å². The molecule has 1 atom stereocenters. The molecule has 4 heteroatoms. The Morgan fingerprint density at radius 2 is 2.07 bits per heavy atom. The van der Waals surface area contributed by atoms with Crippen molar-refractivity contribution < 1.29 is 0 Å². The summed E-state index contributed by atoms with van der Waals surface area (Å²) in [6.45, 7) is 7.46. The lowest BCUT2D eigenvalue weighted by molar-refractivity contribution is 0.429. The smallest absolute Gasteiger partial charge is 0.205 e. The van der Waals surface area contributed by atoms with E-state index in [4.69, 9.17) is 5.84 Å². The van der Waals surface area contributed by atoms with Gasteiger partial charge in [0.25, 0.3) is 0 Å². The quantitative estimate of drug-likeness (QED) is 0.272. The van der Waals surface area contributed by atoms with Crippen LogP contribution in [0.1, 0.15) is 33.6 Å². The number of nitrogens with one attached hydrogen (secondary N) is 2. The Morgan fingerprint density at radius 1 is 1.43 bits per heavy atom. The Morgan fingerprint density at radius 3 is 2.50 bits per heavy atom. The molecule has 1 aliphatic rings. The van der Waals surface area contributed by atoms with Gasteiger partial charge in [-0.2, -0.15) is 0 Å². The van der Waals surface area contributed by atoms with Crippen LogP contribution in [0, 0.1) is 11.8 Å². The van der Waals surface area contributed by atoms with Gasteiger partial charge in [0.05, 0.1) is 0 Å². The van der Waals surface area contributed by atoms with Crippen LogP contribution < -0.4 is 16.6 Å². The fraction of sp³-hybridized carbons (Fsp3) is 0.900. The van der Waals surface area contributed by atoms with E-state index in [1.54, 1.807) is 0 Å². The summed E-state index contributed by atoms with van der Waals surface area (Å²) in [5, 5.41) is 3.25. The maximum atomic E-state index is 5.37. The molecule has 1 fully saturated rings. The molecule has 0 amide bonds. The first-order valence-electron chi connectivity index (χ1n) is 5.41. The maximum absolute atomic E-state index is 5.37. The third-order valence-electron chi connectivity index (χ3n) is 2.73. The van der Waals surface area contributed by atoms with Gasteiger partial charge in [0.1, 0.15) is 0 Å². The van der Waals surface area contributed by atoms with E-state index in [0.717, 1.165) is 12.5 Å². The standard InChI is InChI=1S/C10H22N4/c1-7(2)8(3)6-12-10(14-11)13-9-4-5-9/h7-9H,4-6,11H2,1-3H3,(H2,12,13,14). The molecule has 0 aliphatic heterocycles. The monoisotopic (exact) mass is 198 g/mol. The number of hydrogen-bond acceptors (Lipinski definition) is 2. The van der Waals surface area contributed by atoms with Crippen molar-refractivity contribution in [1.82, 2.24) is 10.7 Å². The Labute approximate surface area is 86.3 Å². The summed E-state index contributed by atoms with van der Waals surface area (Å²) in [4.78, 5) is 4.41. The van der Waals surface area contributed by atoms with E-state index in [2.05, 4.69) is 36.5 Å². The Bertz CT molecular complexity index is 196. The zero-order valence-corrected chi connectivity index (χ0v) is 9.38. The first-order valence-corrected chi connectivity index (χ1v) is 5.41. The van der Waals surface area contributed by atoms with E-state index in [1.165, 1.54) is 12.8 Å². The zero-order chi connectivity index (χ0) is 10.6. The van der Waals surface area contributed by atoms with Gasteiger partial charge in [-0.15, -0.1) is 0 Å². The van der Waals surface area contributed by atoms with E-state index in [9.17, 15) is 0 Å². The maximum Gasteiger partial charge on any atom is 0.205 e. The molecule has 0 aromatic heterocycles. The van der Waals surface area contributed by atoms with E-state index in [-0.39, 0.29) is 0 Å². The molecule has 4 nitrogen and oxygen atoms in total. The molecule has 1 aliphatic carbocycles. The van der Waals surface area contributed by atoms with Crippen molar-refractivity contribution in [1.29, 1.82) is 0 Å². The largest absolute Gasteiger partial charge is 0.353 e. The summed E-state index contributed by atoms with van der Waals surface area (Å²) in [5.41, 5.74) is 2.61. The van der Waals surface area contributed by atoms with E-state index in [1.807, 2.05) is 0 Å². The van der Waals surface area contributed by atoms with Crippen LogP contribution in [0.3, 0.4) is 0 Å². The molecule has 1 rings (SSSR count). The number of aliphatic imine (C=N–C) groups is 1. The van der Waals surface area contributed by atoms with Gasteiger partial charge in [-0.05, 0) is 24.7 Å². The van der Waals surface area contributed by atoms with Crippen molar-refractivity contribution in [3.63, 3.8) is 0 Å². The highest BCUT2D eigenvalue weighted by Gasteiger charge is 2.22. The second-order valence-electron chi connectivity index (χ2n) is 4.47. The molecular formula is C10H22N4. The summed E-state index contributed by atoms with van der Waals surface area (Å²) in [6.07, 6.45) is 2.47. The Kier molecular flexibility index (Phi) is 4.20. The van der Waals surface area contributed by atoms with Crippen LogP contribution in [0.2, 0.25) is 0 Å². The van der Waals surface area contributed by atoms with E-state index in [0.29, 0.717) is 17.9 Å². The number of nitrogens with two attached hydrogens (primary N) is 1. The molecule has 0 heterocycles. The average Bonchev–Trinajstić information content (AvgIpc) is 2.95. The van der Waals surface area contributed by atoms with Crippen molar-refractivity contribution in [3.05, 3.63) is 0 Å². The normalized spacial score (nSPS) is 19.6. The molecule has 0 aromatic rings. The number of hydrazine groups is 1. The van der Waals surface area contributed by atoms with Crippen LogP contribution in [0.15, 0.2) is 4.99 Å². The predicted octanol–water partition coefficient (Wildman–Crippen LogP) is 0.850. The highest BCUT2D eigenvalue weighted by atomic mass is 15.3. The second kappa shape index (κ2) is 5.20. The first kappa shape index (κ1) is 11.3. The highest BCUT2D eigenvalue weighted by molar-refractivity contribution is 5.79.